The van der Waals surface area contributed by atoms with Gasteiger partial charge in [-0.1, -0.05) is 28.9 Å². The fourth-order valence-corrected chi connectivity index (χ4v) is 3.33. The van der Waals surface area contributed by atoms with Gasteiger partial charge in [0.05, 0.1) is 6.10 Å². The van der Waals surface area contributed by atoms with Gasteiger partial charge >= 0.3 is 0 Å². The quantitative estimate of drug-likeness (QED) is 0.915. The number of halogens is 1. The molecule has 94 valence electrons. The summed E-state index contributed by atoms with van der Waals surface area (Å²) in [6.45, 7) is 5.20. The third-order valence-electron chi connectivity index (χ3n) is 3.61. The highest BCUT2D eigenvalue weighted by molar-refractivity contribution is 9.10. The Bertz CT molecular complexity index is 392. The van der Waals surface area contributed by atoms with Crippen LogP contribution in [0.2, 0.25) is 0 Å². The summed E-state index contributed by atoms with van der Waals surface area (Å²) in [4.78, 5) is 2.48. The van der Waals surface area contributed by atoms with Crippen molar-refractivity contribution in [1.29, 1.82) is 0 Å². The van der Waals surface area contributed by atoms with E-state index in [1.807, 2.05) is 6.07 Å². The molecule has 1 unspecified atom stereocenters. The minimum absolute atomic E-state index is 0.418. The van der Waals surface area contributed by atoms with Crippen molar-refractivity contribution < 1.29 is 5.11 Å². The van der Waals surface area contributed by atoms with Crippen molar-refractivity contribution in [2.75, 3.05) is 11.4 Å². The predicted octanol–water partition coefficient (Wildman–Crippen LogP) is 3.88. The van der Waals surface area contributed by atoms with Gasteiger partial charge in [-0.3, -0.25) is 0 Å². The molecule has 1 aromatic carbocycles. The van der Waals surface area contributed by atoms with E-state index in [1.165, 1.54) is 24.9 Å². The zero-order valence-corrected chi connectivity index (χ0v) is 12.1. The summed E-state index contributed by atoms with van der Waals surface area (Å²) in [6, 6.07) is 6.96. The first-order chi connectivity index (χ1) is 8.13. The first-order valence-corrected chi connectivity index (χ1v) is 7.17. The standard InChI is InChI=1S/C14H20BrNO/c1-3-11-5-4-8-16(11)12-6-7-13(10(2)17)14(15)9-12/h6-7,9-11,17H,3-5,8H2,1-2H3/t10-,11?/m0/s1. The SMILES string of the molecule is CCC1CCCN1c1ccc([C@H](C)O)c(Br)c1. The Balaban J connectivity index is 2.25. The van der Waals surface area contributed by atoms with Gasteiger partial charge < -0.3 is 10.0 Å². The minimum atomic E-state index is -0.418. The lowest BCUT2D eigenvalue weighted by Crippen LogP contribution is -2.28. The molecule has 2 rings (SSSR count). The summed E-state index contributed by atoms with van der Waals surface area (Å²) in [5, 5.41) is 9.62. The van der Waals surface area contributed by atoms with Crippen molar-refractivity contribution in [2.45, 2.75) is 45.3 Å². The maximum absolute atomic E-state index is 9.62. The number of benzene rings is 1. The van der Waals surface area contributed by atoms with E-state index in [2.05, 4.69) is 39.9 Å². The molecule has 1 aliphatic rings. The van der Waals surface area contributed by atoms with Crippen LogP contribution in [0.3, 0.4) is 0 Å². The number of hydrogen-bond donors (Lipinski definition) is 1. The lowest BCUT2D eigenvalue weighted by Gasteiger charge is -2.26. The Kier molecular flexibility index (Phi) is 4.10. The van der Waals surface area contributed by atoms with Gasteiger partial charge in [-0.25, -0.2) is 0 Å². The second-order valence-corrected chi connectivity index (χ2v) is 5.63. The highest BCUT2D eigenvalue weighted by atomic mass is 79.9. The minimum Gasteiger partial charge on any atom is -0.389 e. The molecule has 1 N–H and O–H groups in total. The van der Waals surface area contributed by atoms with Gasteiger partial charge in [-0.15, -0.1) is 0 Å². The molecular weight excluding hydrogens is 278 g/mol. The first kappa shape index (κ1) is 12.9. The van der Waals surface area contributed by atoms with Crippen LogP contribution in [0.5, 0.6) is 0 Å². The first-order valence-electron chi connectivity index (χ1n) is 6.37. The van der Waals surface area contributed by atoms with Gasteiger partial charge in [-0.2, -0.15) is 0 Å². The molecule has 17 heavy (non-hydrogen) atoms. The zero-order chi connectivity index (χ0) is 12.4. The van der Waals surface area contributed by atoms with Gasteiger partial charge in [0, 0.05) is 22.7 Å². The Hall–Kier alpha value is -0.540. The Labute approximate surface area is 112 Å². The van der Waals surface area contributed by atoms with E-state index in [0.29, 0.717) is 6.04 Å². The molecule has 0 aliphatic carbocycles. The second-order valence-electron chi connectivity index (χ2n) is 4.78. The summed E-state index contributed by atoms with van der Waals surface area (Å²) >= 11 is 3.55. The van der Waals surface area contributed by atoms with Crippen molar-refractivity contribution in [3.8, 4) is 0 Å². The molecule has 0 aromatic heterocycles. The Morgan fingerprint density at radius 2 is 2.29 bits per heavy atom. The predicted molar refractivity (Wildman–Crippen MR) is 75.4 cm³/mol. The van der Waals surface area contributed by atoms with Gasteiger partial charge in [-0.05, 0) is 43.9 Å². The molecule has 0 amide bonds. The Morgan fingerprint density at radius 1 is 1.53 bits per heavy atom. The average Bonchev–Trinajstić information content (AvgIpc) is 2.76. The van der Waals surface area contributed by atoms with Crippen LogP contribution in [0, 0.1) is 0 Å². The summed E-state index contributed by atoms with van der Waals surface area (Å²) < 4.78 is 1.01. The number of nitrogens with zero attached hydrogens (tertiary/aromatic N) is 1. The number of aliphatic hydroxyl groups is 1. The molecule has 2 nitrogen and oxygen atoms in total. The molecule has 0 bridgehead atoms. The van der Waals surface area contributed by atoms with Crippen molar-refractivity contribution in [3.63, 3.8) is 0 Å². The van der Waals surface area contributed by atoms with Crippen molar-refractivity contribution in [1.82, 2.24) is 0 Å². The average molecular weight is 298 g/mol. The molecule has 3 heteroatoms. The normalized spacial score (nSPS) is 21.9. The summed E-state index contributed by atoms with van der Waals surface area (Å²) in [5.41, 5.74) is 2.23. The molecule has 1 aromatic rings. The molecule has 0 spiro atoms. The van der Waals surface area contributed by atoms with Crippen LogP contribution in [0.4, 0.5) is 5.69 Å². The van der Waals surface area contributed by atoms with Crippen LogP contribution in [0.1, 0.15) is 44.8 Å². The third-order valence-corrected chi connectivity index (χ3v) is 4.30. The van der Waals surface area contributed by atoms with Gasteiger partial charge in [0.15, 0.2) is 0 Å². The summed E-state index contributed by atoms with van der Waals surface area (Å²) in [5.74, 6) is 0. The number of rotatable bonds is 3. The molecule has 1 aliphatic heterocycles. The number of anilines is 1. The summed E-state index contributed by atoms with van der Waals surface area (Å²) in [6.07, 6.45) is 3.37. The second kappa shape index (κ2) is 5.40. The third kappa shape index (κ3) is 2.66. The van der Waals surface area contributed by atoms with E-state index in [1.54, 1.807) is 6.92 Å². The van der Waals surface area contributed by atoms with Gasteiger partial charge in [0.2, 0.25) is 0 Å². The maximum Gasteiger partial charge on any atom is 0.0772 e. The van der Waals surface area contributed by atoms with E-state index in [4.69, 9.17) is 0 Å². The van der Waals surface area contributed by atoms with Crippen LogP contribution >= 0.6 is 15.9 Å². The van der Waals surface area contributed by atoms with Crippen molar-refractivity contribution >= 4 is 21.6 Å². The van der Waals surface area contributed by atoms with E-state index in [-0.39, 0.29) is 0 Å². The lowest BCUT2D eigenvalue weighted by atomic mass is 10.1. The van der Waals surface area contributed by atoms with Crippen LogP contribution in [-0.4, -0.2) is 17.7 Å². The number of hydrogen-bond acceptors (Lipinski definition) is 2. The molecule has 1 heterocycles. The zero-order valence-electron chi connectivity index (χ0n) is 10.5. The van der Waals surface area contributed by atoms with Crippen molar-refractivity contribution in [2.24, 2.45) is 0 Å². The largest absolute Gasteiger partial charge is 0.389 e. The molecule has 1 fully saturated rings. The van der Waals surface area contributed by atoms with E-state index >= 15 is 0 Å². The topological polar surface area (TPSA) is 23.5 Å². The van der Waals surface area contributed by atoms with Gasteiger partial charge in [0.1, 0.15) is 0 Å². The van der Waals surface area contributed by atoms with Crippen LogP contribution in [0.25, 0.3) is 0 Å². The van der Waals surface area contributed by atoms with E-state index < -0.39 is 6.10 Å². The molecule has 0 saturated carbocycles. The van der Waals surface area contributed by atoms with Crippen LogP contribution < -0.4 is 4.90 Å². The van der Waals surface area contributed by atoms with Crippen LogP contribution in [-0.2, 0) is 0 Å². The smallest absolute Gasteiger partial charge is 0.0772 e. The lowest BCUT2D eigenvalue weighted by molar-refractivity contribution is 0.198. The molecule has 2 atom stereocenters. The highest BCUT2D eigenvalue weighted by Gasteiger charge is 2.23. The summed E-state index contributed by atoms with van der Waals surface area (Å²) in [7, 11) is 0. The monoisotopic (exact) mass is 297 g/mol. The Morgan fingerprint density at radius 3 is 2.88 bits per heavy atom. The fraction of sp³-hybridized carbons (Fsp3) is 0.571. The van der Waals surface area contributed by atoms with Gasteiger partial charge in [0.25, 0.3) is 0 Å². The molecular formula is C14H20BrNO. The molecule has 1 saturated heterocycles. The van der Waals surface area contributed by atoms with Crippen LogP contribution in [0.15, 0.2) is 22.7 Å². The molecule has 0 radical (unpaired) electrons. The maximum atomic E-state index is 9.62. The van der Waals surface area contributed by atoms with E-state index in [0.717, 1.165) is 16.6 Å². The van der Waals surface area contributed by atoms with E-state index in [9.17, 15) is 5.11 Å². The fourth-order valence-electron chi connectivity index (χ4n) is 2.63. The number of aliphatic hydroxyl groups excluding tert-OH is 1. The van der Waals surface area contributed by atoms with Crippen molar-refractivity contribution in [3.05, 3.63) is 28.2 Å². The highest BCUT2D eigenvalue weighted by Crippen LogP contribution is 2.32.